The maximum atomic E-state index is 12.5. The van der Waals surface area contributed by atoms with Gasteiger partial charge in [0, 0.05) is 31.1 Å². The molecule has 3 rings (SSSR count). The molecular formula is C18H21ClN4O3. The van der Waals surface area contributed by atoms with E-state index < -0.39 is 4.92 Å². The fourth-order valence-electron chi connectivity index (χ4n) is 3.15. The summed E-state index contributed by atoms with van der Waals surface area (Å²) in [6.45, 7) is 1.04. The Kier molecular flexibility index (Phi) is 6.54. The number of carbonyl (C=O) groups excluding carboxylic acids is 1. The molecule has 1 aliphatic rings. The third-order valence-corrected chi connectivity index (χ3v) is 4.48. The average molecular weight is 377 g/mol. The fraction of sp³-hybridized carbons (Fsp3) is 0.278. The van der Waals surface area contributed by atoms with Gasteiger partial charge in [-0.3, -0.25) is 14.9 Å². The lowest BCUT2D eigenvalue weighted by molar-refractivity contribution is -0.383. The van der Waals surface area contributed by atoms with Gasteiger partial charge in [-0.1, -0.05) is 42.5 Å². The van der Waals surface area contributed by atoms with Gasteiger partial charge in [-0.2, -0.15) is 0 Å². The van der Waals surface area contributed by atoms with Crippen molar-refractivity contribution in [2.24, 2.45) is 5.73 Å². The van der Waals surface area contributed by atoms with E-state index in [1.165, 1.54) is 6.07 Å². The minimum atomic E-state index is -0.468. The summed E-state index contributed by atoms with van der Waals surface area (Å²) in [7, 11) is 0. The summed E-state index contributed by atoms with van der Waals surface area (Å²) in [5.41, 5.74) is 7.62. The molecule has 1 amide bonds. The molecule has 1 saturated heterocycles. The van der Waals surface area contributed by atoms with Gasteiger partial charge in [0.05, 0.1) is 11.5 Å². The maximum Gasteiger partial charge on any atom is 0.292 e. The maximum absolute atomic E-state index is 12.5. The van der Waals surface area contributed by atoms with Crippen molar-refractivity contribution in [1.82, 2.24) is 4.90 Å². The average Bonchev–Trinajstić information content (AvgIpc) is 3.02. The molecule has 1 fully saturated rings. The first-order valence-electron chi connectivity index (χ1n) is 8.12. The summed E-state index contributed by atoms with van der Waals surface area (Å²) in [4.78, 5) is 24.7. The number of nitrogens with one attached hydrogen (secondary N) is 1. The quantitative estimate of drug-likeness (QED) is 0.616. The number of nitrogens with two attached hydrogens (primary N) is 1. The highest BCUT2D eigenvalue weighted by Gasteiger charge is 2.33. The molecule has 7 nitrogen and oxygen atoms in total. The van der Waals surface area contributed by atoms with E-state index in [4.69, 9.17) is 5.73 Å². The number of benzene rings is 2. The highest BCUT2D eigenvalue weighted by atomic mass is 35.5. The number of amides is 1. The molecule has 0 saturated carbocycles. The van der Waals surface area contributed by atoms with Crippen molar-refractivity contribution >= 4 is 29.7 Å². The van der Waals surface area contributed by atoms with Crippen LogP contribution < -0.4 is 11.1 Å². The van der Waals surface area contributed by atoms with Crippen LogP contribution in [0.15, 0.2) is 54.6 Å². The Hall–Kier alpha value is -2.64. The summed E-state index contributed by atoms with van der Waals surface area (Å²) in [5.74, 6) is -0.0109. The number of anilines is 1. The second-order valence-electron chi connectivity index (χ2n) is 6.11. The van der Waals surface area contributed by atoms with Gasteiger partial charge in [-0.25, -0.2) is 0 Å². The van der Waals surface area contributed by atoms with Gasteiger partial charge in [-0.05, 0) is 11.6 Å². The van der Waals surface area contributed by atoms with Crippen molar-refractivity contribution in [3.05, 3.63) is 70.3 Å². The molecule has 1 heterocycles. The Morgan fingerprint density at radius 1 is 1.15 bits per heavy atom. The number of rotatable bonds is 5. The molecule has 0 aromatic heterocycles. The fourth-order valence-corrected chi connectivity index (χ4v) is 3.15. The summed E-state index contributed by atoms with van der Waals surface area (Å²) < 4.78 is 0. The van der Waals surface area contributed by atoms with E-state index in [0.29, 0.717) is 18.8 Å². The lowest BCUT2D eigenvalue weighted by atomic mass is 9.95. The van der Waals surface area contributed by atoms with Gasteiger partial charge in [-0.15, -0.1) is 12.4 Å². The second-order valence-corrected chi connectivity index (χ2v) is 6.11. The van der Waals surface area contributed by atoms with Crippen LogP contribution in [0.2, 0.25) is 0 Å². The van der Waals surface area contributed by atoms with E-state index in [0.717, 1.165) is 5.56 Å². The molecule has 2 aromatic carbocycles. The van der Waals surface area contributed by atoms with Crippen molar-refractivity contribution in [3.8, 4) is 0 Å². The van der Waals surface area contributed by atoms with Crippen LogP contribution in [0.25, 0.3) is 0 Å². The van der Waals surface area contributed by atoms with E-state index in [1.807, 2.05) is 30.3 Å². The lowest BCUT2D eigenvalue weighted by Gasteiger charge is -2.17. The number of nitro benzene ring substituents is 1. The Morgan fingerprint density at radius 2 is 1.81 bits per heavy atom. The number of hydrogen-bond donors (Lipinski definition) is 2. The van der Waals surface area contributed by atoms with Crippen molar-refractivity contribution < 1.29 is 9.72 Å². The summed E-state index contributed by atoms with van der Waals surface area (Å²) in [6, 6.07) is 16.1. The number of nitro groups is 1. The van der Waals surface area contributed by atoms with Gasteiger partial charge in [0.1, 0.15) is 5.69 Å². The molecule has 0 spiro atoms. The van der Waals surface area contributed by atoms with Crippen LogP contribution in [0.3, 0.4) is 0 Å². The predicted octanol–water partition coefficient (Wildman–Crippen LogP) is 2.38. The Morgan fingerprint density at radius 3 is 2.50 bits per heavy atom. The molecule has 0 bridgehead atoms. The third-order valence-electron chi connectivity index (χ3n) is 4.48. The molecule has 0 unspecified atom stereocenters. The zero-order valence-electron chi connectivity index (χ0n) is 14.1. The number of para-hydroxylation sites is 2. The molecule has 2 atom stereocenters. The number of nitrogens with zero attached hydrogens (tertiary/aromatic N) is 2. The number of halogens is 1. The zero-order chi connectivity index (χ0) is 17.8. The first kappa shape index (κ1) is 19.7. The summed E-state index contributed by atoms with van der Waals surface area (Å²) in [6.07, 6.45) is 0. The normalized spacial score (nSPS) is 18.9. The van der Waals surface area contributed by atoms with Crippen molar-refractivity contribution in [2.45, 2.75) is 12.0 Å². The predicted molar refractivity (Wildman–Crippen MR) is 103 cm³/mol. The Balaban J connectivity index is 0.00000243. The van der Waals surface area contributed by atoms with Crippen LogP contribution in [-0.2, 0) is 4.79 Å². The van der Waals surface area contributed by atoms with Gasteiger partial charge < -0.3 is 16.0 Å². The lowest BCUT2D eigenvalue weighted by Crippen LogP contribution is -2.35. The first-order chi connectivity index (χ1) is 12.1. The van der Waals surface area contributed by atoms with Crippen LogP contribution in [0.4, 0.5) is 11.4 Å². The Bertz CT molecular complexity index is 772. The highest BCUT2D eigenvalue weighted by molar-refractivity contribution is 5.85. The van der Waals surface area contributed by atoms with Crippen molar-refractivity contribution in [3.63, 3.8) is 0 Å². The SMILES string of the molecule is Cl.N[C@@H]1CN(C(=O)CNc2ccccc2[N+](=O)[O-])C[C@H]1c1ccccc1. The minimum Gasteiger partial charge on any atom is -0.371 e. The molecule has 1 aliphatic heterocycles. The van der Waals surface area contributed by atoms with Gasteiger partial charge in [0.2, 0.25) is 5.91 Å². The molecule has 26 heavy (non-hydrogen) atoms. The monoisotopic (exact) mass is 376 g/mol. The van der Waals surface area contributed by atoms with E-state index in [-0.39, 0.29) is 42.5 Å². The van der Waals surface area contributed by atoms with Crippen molar-refractivity contribution in [2.75, 3.05) is 25.0 Å². The topological polar surface area (TPSA) is 102 Å². The number of likely N-dealkylation sites (tertiary alicyclic amines) is 1. The van der Waals surface area contributed by atoms with Crippen LogP contribution in [-0.4, -0.2) is 41.4 Å². The molecule has 138 valence electrons. The molecule has 2 aromatic rings. The van der Waals surface area contributed by atoms with Crippen molar-refractivity contribution in [1.29, 1.82) is 0 Å². The summed E-state index contributed by atoms with van der Waals surface area (Å²) >= 11 is 0. The van der Waals surface area contributed by atoms with Crippen LogP contribution >= 0.6 is 12.4 Å². The van der Waals surface area contributed by atoms with Crippen LogP contribution in [0.5, 0.6) is 0 Å². The number of carbonyl (C=O) groups is 1. The van der Waals surface area contributed by atoms with Crippen LogP contribution in [0.1, 0.15) is 11.5 Å². The second kappa shape index (κ2) is 8.64. The van der Waals surface area contributed by atoms with Gasteiger partial charge in [0.15, 0.2) is 0 Å². The van der Waals surface area contributed by atoms with E-state index in [9.17, 15) is 14.9 Å². The van der Waals surface area contributed by atoms with E-state index >= 15 is 0 Å². The standard InChI is InChI=1S/C18H20N4O3.ClH/c19-15-12-21(11-14(15)13-6-2-1-3-7-13)18(23)10-20-16-8-4-5-9-17(16)22(24)25;/h1-9,14-15,20H,10-12,19H2;1H/t14-,15+;/m0./s1. The molecule has 3 N–H and O–H groups in total. The van der Waals surface area contributed by atoms with Gasteiger partial charge >= 0.3 is 0 Å². The Labute approximate surface area is 157 Å². The first-order valence-corrected chi connectivity index (χ1v) is 8.12. The molecule has 0 radical (unpaired) electrons. The smallest absolute Gasteiger partial charge is 0.292 e. The summed E-state index contributed by atoms with van der Waals surface area (Å²) in [5, 5.41) is 13.9. The molecule has 0 aliphatic carbocycles. The minimum absolute atomic E-state index is 0. The van der Waals surface area contributed by atoms with E-state index in [1.54, 1.807) is 23.1 Å². The van der Waals surface area contributed by atoms with Crippen LogP contribution in [0, 0.1) is 10.1 Å². The largest absolute Gasteiger partial charge is 0.371 e. The van der Waals surface area contributed by atoms with E-state index in [2.05, 4.69) is 5.32 Å². The third kappa shape index (κ3) is 4.30. The number of hydrogen-bond acceptors (Lipinski definition) is 5. The zero-order valence-corrected chi connectivity index (χ0v) is 14.9. The highest BCUT2D eigenvalue weighted by Crippen LogP contribution is 2.27. The molecular weight excluding hydrogens is 356 g/mol. The molecule has 8 heteroatoms. The van der Waals surface area contributed by atoms with Gasteiger partial charge in [0.25, 0.3) is 5.69 Å².